The number of rotatable bonds is 1. The Bertz CT molecular complexity index is 543. The van der Waals surface area contributed by atoms with Crippen LogP contribution in [-0.4, -0.2) is 19.4 Å². The Balaban J connectivity index is 2.58. The van der Waals surface area contributed by atoms with Crippen molar-refractivity contribution >= 4 is 5.82 Å². The standard InChI is InChI=1S/C11H18N6/c1-11(2,3)10-15-8(9(12)17(10)13)7-5-14-16(4)6-7/h5-6H,12-13H2,1-4H3. The third kappa shape index (κ3) is 1.86. The number of aromatic nitrogens is 4. The summed E-state index contributed by atoms with van der Waals surface area (Å²) in [6.45, 7) is 6.14. The molecule has 0 saturated heterocycles. The van der Waals surface area contributed by atoms with Crippen molar-refractivity contribution < 1.29 is 0 Å². The van der Waals surface area contributed by atoms with Crippen molar-refractivity contribution in [3.63, 3.8) is 0 Å². The first-order valence-corrected chi connectivity index (χ1v) is 5.43. The lowest BCUT2D eigenvalue weighted by Gasteiger charge is -2.17. The monoisotopic (exact) mass is 234 g/mol. The van der Waals surface area contributed by atoms with Crippen LogP contribution >= 0.6 is 0 Å². The Morgan fingerprint density at radius 2 is 1.94 bits per heavy atom. The van der Waals surface area contributed by atoms with Crippen LogP contribution in [-0.2, 0) is 12.5 Å². The van der Waals surface area contributed by atoms with Crippen LogP contribution in [0.25, 0.3) is 11.3 Å². The first-order valence-electron chi connectivity index (χ1n) is 5.43. The lowest BCUT2D eigenvalue weighted by molar-refractivity contribution is 0.532. The number of nitrogens with two attached hydrogens (primary N) is 2. The Labute approximate surface area is 100 Å². The molecule has 92 valence electrons. The predicted molar refractivity (Wildman–Crippen MR) is 67.7 cm³/mol. The van der Waals surface area contributed by atoms with Gasteiger partial charge in [0.15, 0.2) is 5.82 Å². The Kier molecular flexibility index (Phi) is 2.38. The molecular weight excluding hydrogens is 216 g/mol. The molecule has 0 spiro atoms. The second kappa shape index (κ2) is 3.51. The number of anilines is 1. The highest BCUT2D eigenvalue weighted by atomic mass is 15.4. The van der Waals surface area contributed by atoms with E-state index in [1.165, 1.54) is 4.68 Å². The van der Waals surface area contributed by atoms with Gasteiger partial charge in [-0.3, -0.25) is 4.68 Å². The minimum atomic E-state index is -0.149. The topological polar surface area (TPSA) is 87.7 Å². The maximum atomic E-state index is 5.98. The molecule has 0 bridgehead atoms. The summed E-state index contributed by atoms with van der Waals surface area (Å²) in [5, 5.41) is 4.11. The first kappa shape index (κ1) is 11.5. The number of hydrogen-bond acceptors (Lipinski definition) is 4. The van der Waals surface area contributed by atoms with E-state index in [9.17, 15) is 0 Å². The minimum absolute atomic E-state index is 0.149. The molecule has 0 radical (unpaired) electrons. The van der Waals surface area contributed by atoms with Gasteiger partial charge in [-0.25, -0.2) is 9.66 Å². The van der Waals surface area contributed by atoms with Gasteiger partial charge in [-0.05, 0) is 0 Å². The minimum Gasteiger partial charge on any atom is -0.382 e. The van der Waals surface area contributed by atoms with Crippen molar-refractivity contribution in [1.82, 2.24) is 19.4 Å². The summed E-state index contributed by atoms with van der Waals surface area (Å²) in [5.74, 6) is 7.15. The van der Waals surface area contributed by atoms with Gasteiger partial charge in [0.1, 0.15) is 11.5 Å². The fourth-order valence-electron chi connectivity index (χ4n) is 1.73. The largest absolute Gasteiger partial charge is 0.382 e. The quantitative estimate of drug-likeness (QED) is 0.717. The average Bonchev–Trinajstić information content (AvgIpc) is 2.73. The normalized spacial score (nSPS) is 12.0. The van der Waals surface area contributed by atoms with Gasteiger partial charge in [0.25, 0.3) is 0 Å². The van der Waals surface area contributed by atoms with E-state index in [2.05, 4.69) is 10.1 Å². The Morgan fingerprint density at radius 3 is 2.35 bits per heavy atom. The van der Waals surface area contributed by atoms with Crippen LogP contribution in [0.2, 0.25) is 0 Å². The van der Waals surface area contributed by atoms with Crippen LogP contribution in [0.5, 0.6) is 0 Å². The van der Waals surface area contributed by atoms with E-state index < -0.39 is 0 Å². The van der Waals surface area contributed by atoms with Crippen LogP contribution < -0.4 is 11.6 Å². The van der Waals surface area contributed by atoms with E-state index in [-0.39, 0.29) is 5.41 Å². The van der Waals surface area contributed by atoms with E-state index >= 15 is 0 Å². The molecule has 4 N–H and O–H groups in total. The molecule has 2 aromatic rings. The Morgan fingerprint density at radius 1 is 1.29 bits per heavy atom. The first-order chi connectivity index (χ1) is 7.80. The van der Waals surface area contributed by atoms with Crippen LogP contribution in [0.15, 0.2) is 12.4 Å². The van der Waals surface area contributed by atoms with Gasteiger partial charge in [-0.2, -0.15) is 5.10 Å². The molecule has 0 aliphatic rings. The second-order valence-corrected chi connectivity index (χ2v) is 5.19. The third-order valence-electron chi connectivity index (χ3n) is 2.60. The van der Waals surface area contributed by atoms with E-state index in [4.69, 9.17) is 11.6 Å². The number of imidazole rings is 1. The summed E-state index contributed by atoms with van der Waals surface area (Å²) in [6.07, 6.45) is 3.59. The molecule has 0 unspecified atom stereocenters. The molecule has 0 aromatic carbocycles. The average molecular weight is 234 g/mol. The number of aryl methyl sites for hydroxylation is 1. The summed E-state index contributed by atoms with van der Waals surface area (Å²) in [4.78, 5) is 4.52. The van der Waals surface area contributed by atoms with Crippen molar-refractivity contribution in [2.45, 2.75) is 26.2 Å². The van der Waals surface area contributed by atoms with Crippen molar-refractivity contribution in [1.29, 1.82) is 0 Å². The zero-order chi connectivity index (χ0) is 12.8. The van der Waals surface area contributed by atoms with Gasteiger partial charge >= 0.3 is 0 Å². The van der Waals surface area contributed by atoms with E-state index in [1.54, 1.807) is 10.9 Å². The van der Waals surface area contributed by atoms with Crippen molar-refractivity contribution in [2.24, 2.45) is 7.05 Å². The van der Waals surface area contributed by atoms with E-state index in [0.29, 0.717) is 11.5 Å². The molecule has 0 saturated carbocycles. The Hall–Kier alpha value is -1.98. The number of nitrogen functional groups attached to an aromatic ring is 2. The van der Waals surface area contributed by atoms with Gasteiger partial charge in [0.2, 0.25) is 0 Å². The molecule has 2 rings (SSSR count). The second-order valence-electron chi connectivity index (χ2n) is 5.19. The summed E-state index contributed by atoms with van der Waals surface area (Å²) >= 11 is 0. The molecular formula is C11H18N6. The SMILES string of the molecule is Cn1cc(-c2nc(C(C)(C)C)n(N)c2N)cn1. The van der Waals surface area contributed by atoms with Gasteiger partial charge in [0, 0.05) is 24.2 Å². The number of nitrogens with zero attached hydrogens (tertiary/aromatic N) is 4. The molecule has 2 heterocycles. The van der Waals surface area contributed by atoms with Crippen LogP contribution in [0, 0.1) is 0 Å². The van der Waals surface area contributed by atoms with Gasteiger partial charge in [-0.15, -0.1) is 0 Å². The molecule has 6 heteroatoms. The lowest BCUT2D eigenvalue weighted by atomic mass is 9.96. The van der Waals surface area contributed by atoms with Crippen molar-refractivity contribution in [3.05, 3.63) is 18.2 Å². The zero-order valence-corrected chi connectivity index (χ0v) is 10.6. The summed E-state index contributed by atoms with van der Waals surface area (Å²) < 4.78 is 3.16. The van der Waals surface area contributed by atoms with Gasteiger partial charge in [-0.1, -0.05) is 20.8 Å². The van der Waals surface area contributed by atoms with E-state index in [1.807, 2.05) is 34.0 Å². The highest BCUT2D eigenvalue weighted by molar-refractivity contribution is 5.70. The summed E-state index contributed by atoms with van der Waals surface area (Å²) in [5.41, 5.74) is 7.39. The molecule has 0 atom stereocenters. The lowest BCUT2D eigenvalue weighted by Crippen LogP contribution is -2.24. The predicted octanol–water partition coefficient (Wildman–Crippen LogP) is 0.877. The van der Waals surface area contributed by atoms with E-state index in [0.717, 1.165) is 11.4 Å². The highest BCUT2D eigenvalue weighted by Gasteiger charge is 2.24. The zero-order valence-electron chi connectivity index (χ0n) is 10.6. The molecule has 2 aromatic heterocycles. The van der Waals surface area contributed by atoms with Crippen molar-refractivity contribution in [3.8, 4) is 11.3 Å². The summed E-state index contributed by atoms with van der Waals surface area (Å²) in [6, 6.07) is 0. The van der Waals surface area contributed by atoms with Crippen LogP contribution in [0.1, 0.15) is 26.6 Å². The number of hydrogen-bond donors (Lipinski definition) is 2. The molecule has 0 aliphatic heterocycles. The fourth-order valence-corrected chi connectivity index (χ4v) is 1.73. The molecule has 6 nitrogen and oxygen atoms in total. The van der Waals surface area contributed by atoms with Crippen LogP contribution in [0.3, 0.4) is 0 Å². The van der Waals surface area contributed by atoms with Gasteiger partial charge < -0.3 is 11.6 Å². The molecule has 0 amide bonds. The van der Waals surface area contributed by atoms with Crippen molar-refractivity contribution in [2.75, 3.05) is 11.6 Å². The summed E-state index contributed by atoms with van der Waals surface area (Å²) in [7, 11) is 1.85. The fraction of sp³-hybridized carbons (Fsp3) is 0.455. The van der Waals surface area contributed by atoms with Crippen LogP contribution in [0.4, 0.5) is 5.82 Å². The molecule has 17 heavy (non-hydrogen) atoms. The highest BCUT2D eigenvalue weighted by Crippen LogP contribution is 2.29. The smallest absolute Gasteiger partial charge is 0.150 e. The maximum Gasteiger partial charge on any atom is 0.150 e. The molecule has 0 fully saturated rings. The third-order valence-corrected chi connectivity index (χ3v) is 2.60. The maximum absolute atomic E-state index is 5.98. The van der Waals surface area contributed by atoms with Gasteiger partial charge in [0.05, 0.1) is 6.20 Å². The molecule has 0 aliphatic carbocycles.